The minimum atomic E-state index is -0.893. The van der Waals surface area contributed by atoms with Crippen molar-refractivity contribution in [2.45, 2.75) is 5.92 Å². The number of nitrogens with zero attached hydrogens (tertiary/aromatic N) is 1. The van der Waals surface area contributed by atoms with Crippen LogP contribution in [0.1, 0.15) is 11.5 Å². The maximum Gasteiger partial charge on any atom is 0.312 e. The summed E-state index contributed by atoms with van der Waals surface area (Å²) in [7, 11) is 3.61. The van der Waals surface area contributed by atoms with Crippen LogP contribution in [0.15, 0.2) is 24.3 Å². The monoisotopic (exact) mass is 211 g/mol. The zero-order chi connectivity index (χ0) is 11.4. The average molecular weight is 211 g/mol. The molecule has 0 fully saturated rings. The van der Waals surface area contributed by atoms with Crippen molar-refractivity contribution < 1.29 is 14.3 Å². The summed E-state index contributed by atoms with van der Waals surface area (Å²) < 4.78 is 12.7. The molecule has 3 nitrogen and oxygen atoms in total. The summed E-state index contributed by atoms with van der Waals surface area (Å²) in [6, 6.07) is 5.58. The smallest absolute Gasteiger partial charge is 0.312 e. The maximum atomic E-state index is 12.7. The van der Waals surface area contributed by atoms with Gasteiger partial charge in [-0.25, -0.2) is 4.39 Å². The molecule has 0 aliphatic heterocycles. The van der Waals surface area contributed by atoms with Crippen molar-refractivity contribution >= 4 is 5.97 Å². The Bertz CT molecular complexity index is 335. The van der Waals surface area contributed by atoms with Crippen LogP contribution in [0.3, 0.4) is 0 Å². The molecule has 0 aliphatic rings. The second kappa shape index (κ2) is 4.89. The topological polar surface area (TPSA) is 40.5 Å². The van der Waals surface area contributed by atoms with Crippen LogP contribution in [0, 0.1) is 5.82 Å². The van der Waals surface area contributed by atoms with Crippen molar-refractivity contribution in [2.24, 2.45) is 0 Å². The number of aliphatic carboxylic acids is 1. The Hall–Kier alpha value is -1.42. The average Bonchev–Trinajstić information content (AvgIpc) is 2.15. The second-order valence-corrected chi connectivity index (χ2v) is 3.70. The molecule has 1 aromatic carbocycles. The van der Waals surface area contributed by atoms with Gasteiger partial charge in [-0.3, -0.25) is 4.79 Å². The molecule has 1 rings (SSSR count). The lowest BCUT2D eigenvalue weighted by molar-refractivity contribution is -0.139. The zero-order valence-corrected chi connectivity index (χ0v) is 8.77. The molecule has 0 bridgehead atoms. The molecule has 0 saturated carbocycles. The van der Waals surface area contributed by atoms with Crippen LogP contribution in [0.4, 0.5) is 4.39 Å². The summed E-state index contributed by atoms with van der Waals surface area (Å²) in [6.07, 6.45) is 0. The SMILES string of the molecule is CN(C)CC(C(=O)O)c1ccc(F)cc1. The minimum Gasteiger partial charge on any atom is -0.481 e. The third-order valence-electron chi connectivity index (χ3n) is 2.12. The first-order valence-electron chi connectivity index (χ1n) is 4.63. The number of likely N-dealkylation sites (N-methyl/N-ethyl adjacent to an activating group) is 1. The van der Waals surface area contributed by atoms with Gasteiger partial charge in [-0.05, 0) is 31.8 Å². The van der Waals surface area contributed by atoms with Crippen molar-refractivity contribution in [1.29, 1.82) is 0 Å². The van der Waals surface area contributed by atoms with Crippen LogP contribution >= 0.6 is 0 Å². The van der Waals surface area contributed by atoms with Gasteiger partial charge < -0.3 is 10.0 Å². The Morgan fingerprint density at radius 1 is 1.40 bits per heavy atom. The predicted octanol–water partition coefficient (Wildman–Crippen LogP) is 1.56. The summed E-state index contributed by atoms with van der Waals surface area (Å²) in [6.45, 7) is 0.404. The molecule has 0 spiro atoms. The first-order valence-corrected chi connectivity index (χ1v) is 4.63. The van der Waals surface area contributed by atoms with Crippen molar-refractivity contribution in [3.05, 3.63) is 35.6 Å². The highest BCUT2D eigenvalue weighted by molar-refractivity contribution is 5.76. The molecular formula is C11H14FNO2. The Labute approximate surface area is 88.1 Å². The molecule has 4 heteroatoms. The standard InChI is InChI=1S/C11H14FNO2/c1-13(2)7-10(11(14)15)8-3-5-9(12)6-4-8/h3-6,10H,7H2,1-2H3,(H,14,15). The van der Waals surface area contributed by atoms with Gasteiger partial charge in [-0.2, -0.15) is 0 Å². The van der Waals surface area contributed by atoms with E-state index in [1.165, 1.54) is 24.3 Å². The third kappa shape index (κ3) is 3.32. The van der Waals surface area contributed by atoms with E-state index >= 15 is 0 Å². The quantitative estimate of drug-likeness (QED) is 0.821. The maximum absolute atomic E-state index is 12.7. The van der Waals surface area contributed by atoms with Gasteiger partial charge in [0.1, 0.15) is 5.82 Å². The van der Waals surface area contributed by atoms with Gasteiger partial charge in [-0.15, -0.1) is 0 Å². The molecule has 1 aromatic rings. The number of hydrogen-bond donors (Lipinski definition) is 1. The molecule has 0 amide bonds. The largest absolute Gasteiger partial charge is 0.481 e. The molecular weight excluding hydrogens is 197 g/mol. The van der Waals surface area contributed by atoms with Crippen molar-refractivity contribution in [1.82, 2.24) is 4.90 Å². The van der Waals surface area contributed by atoms with Crippen LogP contribution in [-0.2, 0) is 4.79 Å². The van der Waals surface area contributed by atoms with Gasteiger partial charge in [0, 0.05) is 6.54 Å². The molecule has 1 N–H and O–H groups in total. The Balaban J connectivity index is 2.89. The van der Waals surface area contributed by atoms with Crippen LogP contribution in [-0.4, -0.2) is 36.6 Å². The molecule has 0 aromatic heterocycles. The van der Waals surface area contributed by atoms with E-state index in [4.69, 9.17) is 5.11 Å². The van der Waals surface area contributed by atoms with Gasteiger partial charge in [-0.1, -0.05) is 12.1 Å². The highest BCUT2D eigenvalue weighted by Crippen LogP contribution is 2.17. The first-order chi connectivity index (χ1) is 7.00. The van der Waals surface area contributed by atoms with Crippen molar-refractivity contribution in [3.8, 4) is 0 Å². The lowest BCUT2D eigenvalue weighted by atomic mass is 9.99. The van der Waals surface area contributed by atoms with Gasteiger partial charge in [0.2, 0.25) is 0 Å². The summed E-state index contributed by atoms with van der Waals surface area (Å²) in [4.78, 5) is 12.8. The summed E-state index contributed by atoms with van der Waals surface area (Å²) in [5.41, 5.74) is 0.623. The summed E-state index contributed by atoms with van der Waals surface area (Å²) >= 11 is 0. The number of carboxylic acid groups (broad SMARTS) is 1. The second-order valence-electron chi connectivity index (χ2n) is 3.70. The highest BCUT2D eigenvalue weighted by Gasteiger charge is 2.20. The first kappa shape index (κ1) is 11.7. The summed E-state index contributed by atoms with van der Waals surface area (Å²) in [5.74, 6) is -1.86. The van der Waals surface area contributed by atoms with Crippen LogP contribution in [0.2, 0.25) is 0 Å². The van der Waals surface area contributed by atoms with Gasteiger partial charge in [0.05, 0.1) is 5.92 Å². The molecule has 1 atom stereocenters. The molecule has 1 unspecified atom stereocenters. The lowest BCUT2D eigenvalue weighted by Gasteiger charge is -2.17. The highest BCUT2D eigenvalue weighted by atomic mass is 19.1. The zero-order valence-electron chi connectivity index (χ0n) is 8.77. The van der Waals surface area contributed by atoms with E-state index < -0.39 is 11.9 Å². The molecule has 0 radical (unpaired) electrons. The van der Waals surface area contributed by atoms with E-state index in [0.717, 1.165) is 0 Å². The Kier molecular flexibility index (Phi) is 3.80. The summed E-state index contributed by atoms with van der Waals surface area (Å²) in [5, 5.41) is 9.02. The molecule has 0 aliphatic carbocycles. The Morgan fingerprint density at radius 2 is 1.93 bits per heavy atom. The number of carbonyl (C=O) groups is 1. The van der Waals surface area contributed by atoms with E-state index in [-0.39, 0.29) is 5.82 Å². The van der Waals surface area contributed by atoms with E-state index in [1.807, 2.05) is 0 Å². The third-order valence-corrected chi connectivity index (χ3v) is 2.12. The van der Waals surface area contributed by atoms with Crippen LogP contribution in [0.5, 0.6) is 0 Å². The predicted molar refractivity (Wildman–Crippen MR) is 55.3 cm³/mol. The Morgan fingerprint density at radius 3 is 2.33 bits per heavy atom. The minimum absolute atomic E-state index is 0.354. The number of rotatable bonds is 4. The van der Waals surface area contributed by atoms with E-state index in [2.05, 4.69) is 0 Å². The number of halogens is 1. The fourth-order valence-corrected chi connectivity index (χ4v) is 1.39. The number of carboxylic acids is 1. The molecule has 0 saturated heterocycles. The van der Waals surface area contributed by atoms with Crippen LogP contribution < -0.4 is 0 Å². The van der Waals surface area contributed by atoms with Crippen LogP contribution in [0.25, 0.3) is 0 Å². The fourth-order valence-electron chi connectivity index (χ4n) is 1.39. The van der Waals surface area contributed by atoms with Crippen molar-refractivity contribution in [3.63, 3.8) is 0 Å². The molecule has 15 heavy (non-hydrogen) atoms. The number of hydrogen-bond acceptors (Lipinski definition) is 2. The molecule has 82 valence electrons. The fraction of sp³-hybridized carbons (Fsp3) is 0.364. The van der Waals surface area contributed by atoms with Gasteiger partial charge in [0.15, 0.2) is 0 Å². The van der Waals surface area contributed by atoms with Crippen molar-refractivity contribution in [2.75, 3.05) is 20.6 Å². The van der Waals surface area contributed by atoms with E-state index in [9.17, 15) is 9.18 Å². The van der Waals surface area contributed by atoms with Gasteiger partial charge in [0.25, 0.3) is 0 Å². The number of benzene rings is 1. The van der Waals surface area contributed by atoms with Gasteiger partial charge >= 0.3 is 5.97 Å². The molecule has 0 heterocycles. The van der Waals surface area contributed by atoms with E-state index in [0.29, 0.717) is 12.1 Å². The van der Waals surface area contributed by atoms with E-state index in [1.54, 1.807) is 19.0 Å². The normalized spacial score (nSPS) is 12.8. The lowest BCUT2D eigenvalue weighted by Crippen LogP contribution is -2.25.